The maximum atomic E-state index is 13.2. The van der Waals surface area contributed by atoms with Crippen LogP contribution in [0.5, 0.6) is 0 Å². The summed E-state index contributed by atoms with van der Waals surface area (Å²) in [6, 6.07) is 2.59. The summed E-state index contributed by atoms with van der Waals surface area (Å²) in [4.78, 5) is 11.4. The van der Waals surface area contributed by atoms with Crippen LogP contribution in [0.15, 0.2) is 12.1 Å². The molecule has 1 aliphatic rings. The molecule has 0 radical (unpaired) electrons. The fraction of sp³-hybridized carbons (Fsp3) is 0.364. The van der Waals surface area contributed by atoms with Crippen LogP contribution < -0.4 is 5.32 Å². The predicted molar refractivity (Wildman–Crippen MR) is 54.1 cm³/mol. The summed E-state index contributed by atoms with van der Waals surface area (Å²) in [7, 11) is 0. The molecule has 2 atom stereocenters. The van der Waals surface area contributed by atoms with Gasteiger partial charge in [0.2, 0.25) is 5.91 Å². The van der Waals surface area contributed by atoms with Gasteiger partial charge in [-0.3, -0.25) is 4.79 Å². The standard InChI is InChI=1S/C11H12FNO2/c1-5-8-3-7(12)4-9(6(2)14)10(8)13-11(5)15/h3-6,14H,1-2H3,(H,13,15). The second kappa shape index (κ2) is 3.31. The summed E-state index contributed by atoms with van der Waals surface area (Å²) in [5.74, 6) is -0.932. The number of carbonyl (C=O) groups excluding carboxylic acids is 1. The number of halogens is 1. The van der Waals surface area contributed by atoms with Gasteiger partial charge in [0.1, 0.15) is 5.82 Å². The minimum atomic E-state index is -0.792. The number of nitrogens with one attached hydrogen (secondary N) is 1. The van der Waals surface area contributed by atoms with Crippen LogP contribution in [-0.2, 0) is 4.79 Å². The molecule has 2 unspecified atom stereocenters. The van der Waals surface area contributed by atoms with E-state index in [9.17, 15) is 14.3 Å². The molecule has 15 heavy (non-hydrogen) atoms. The summed E-state index contributed by atoms with van der Waals surface area (Å²) in [6.07, 6.45) is -0.792. The Labute approximate surface area is 86.9 Å². The molecule has 1 amide bonds. The van der Waals surface area contributed by atoms with Gasteiger partial charge in [0.25, 0.3) is 0 Å². The number of aliphatic hydroxyl groups excluding tert-OH is 1. The highest BCUT2D eigenvalue weighted by Gasteiger charge is 2.30. The van der Waals surface area contributed by atoms with E-state index in [0.29, 0.717) is 16.8 Å². The van der Waals surface area contributed by atoms with Crippen molar-refractivity contribution in [3.8, 4) is 0 Å². The average Bonchev–Trinajstić information content (AvgIpc) is 2.43. The van der Waals surface area contributed by atoms with E-state index in [4.69, 9.17) is 0 Å². The summed E-state index contributed by atoms with van der Waals surface area (Å²) in [6.45, 7) is 3.26. The molecule has 0 aliphatic carbocycles. The maximum Gasteiger partial charge on any atom is 0.231 e. The Morgan fingerprint density at radius 1 is 1.53 bits per heavy atom. The summed E-state index contributed by atoms with van der Waals surface area (Å²) in [5.41, 5.74) is 1.61. The first-order chi connectivity index (χ1) is 7.00. The predicted octanol–water partition coefficient (Wildman–Crippen LogP) is 1.93. The van der Waals surface area contributed by atoms with E-state index in [-0.39, 0.29) is 11.8 Å². The fourth-order valence-corrected chi connectivity index (χ4v) is 1.84. The van der Waals surface area contributed by atoms with Crippen LogP contribution in [0.25, 0.3) is 0 Å². The van der Waals surface area contributed by atoms with Crippen LogP contribution >= 0.6 is 0 Å². The summed E-state index contributed by atoms with van der Waals surface area (Å²) in [5, 5.41) is 12.1. The monoisotopic (exact) mass is 209 g/mol. The number of rotatable bonds is 1. The maximum absolute atomic E-state index is 13.2. The molecule has 3 nitrogen and oxygen atoms in total. The number of benzene rings is 1. The van der Waals surface area contributed by atoms with Crippen molar-refractivity contribution in [2.75, 3.05) is 5.32 Å². The first-order valence-electron chi connectivity index (χ1n) is 4.83. The minimum absolute atomic E-state index is 0.155. The van der Waals surface area contributed by atoms with Gasteiger partial charge < -0.3 is 10.4 Å². The molecule has 0 aromatic heterocycles. The number of amides is 1. The zero-order chi connectivity index (χ0) is 11.2. The van der Waals surface area contributed by atoms with E-state index in [1.54, 1.807) is 13.8 Å². The minimum Gasteiger partial charge on any atom is -0.389 e. The molecule has 2 rings (SSSR count). The van der Waals surface area contributed by atoms with Gasteiger partial charge in [0.05, 0.1) is 17.7 Å². The van der Waals surface area contributed by atoms with Crippen molar-refractivity contribution in [2.45, 2.75) is 25.9 Å². The number of hydrogen-bond acceptors (Lipinski definition) is 2. The molecular formula is C11H12FNO2. The quantitative estimate of drug-likeness (QED) is 0.742. The third kappa shape index (κ3) is 1.51. The van der Waals surface area contributed by atoms with Gasteiger partial charge in [-0.15, -0.1) is 0 Å². The molecule has 80 valence electrons. The second-order valence-electron chi connectivity index (χ2n) is 3.85. The van der Waals surface area contributed by atoms with Crippen molar-refractivity contribution < 1.29 is 14.3 Å². The SMILES string of the molecule is CC(O)c1cc(F)cc2c1NC(=O)C2C. The first kappa shape index (κ1) is 10.1. The molecule has 1 aromatic rings. The summed E-state index contributed by atoms with van der Waals surface area (Å²) >= 11 is 0. The Kier molecular flexibility index (Phi) is 2.23. The zero-order valence-corrected chi connectivity index (χ0v) is 8.54. The topological polar surface area (TPSA) is 49.3 Å². The van der Waals surface area contributed by atoms with Crippen LogP contribution in [0.1, 0.15) is 37.0 Å². The normalized spacial score (nSPS) is 21.1. The van der Waals surface area contributed by atoms with E-state index in [1.807, 2.05) is 0 Å². The first-order valence-corrected chi connectivity index (χ1v) is 4.83. The van der Waals surface area contributed by atoms with Gasteiger partial charge in [0, 0.05) is 5.56 Å². The lowest BCUT2D eigenvalue weighted by atomic mass is 9.98. The number of carbonyl (C=O) groups is 1. The van der Waals surface area contributed by atoms with Crippen molar-refractivity contribution in [1.82, 2.24) is 0 Å². The molecule has 4 heteroatoms. The van der Waals surface area contributed by atoms with Crippen molar-refractivity contribution >= 4 is 11.6 Å². The lowest BCUT2D eigenvalue weighted by Gasteiger charge is -2.11. The smallest absolute Gasteiger partial charge is 0.231 e. The highest BCUT2D eigenvalue weighted by atomic mass is 19.1. The highest BCUT2D eigenvalue weighted by molar-refractivity contribution is 6.03. The molecular weight excluding hydrogens is 197 g/mol. The van der Waals surface area contributed by atoms with Gasteiger partial charge in [-0.2, -0.15) is 0 Å². The molecule has 0 saturated carbocycles. The Morgan fingerprint density at radius 2 is 2.20 bits per heavy atom. The zero-order valence-electron chi connectivity index (χ0n) is 8.54. The second-order valence-corrected chi connectivity index (χ2v) is 3.85. The highest BCUT2D eigenvalue weighted by Crippen LogP contribution is 2.38. The molecule has 1 aliphatic heterocycles. The lowest BCUT2D eigenvalue weighted by Crippen LogP contribution is -2.09. The molecule has 1 heterocycles. The Morgan fingerprint density at radius 3 is 2.80 bits per heavy atom. The largest absolute Gasteiger partial charge is 0.389 e. The van der Waals surface area contributed by atoms with Gasteiger partial charge in [-0.25, -0.2) is 4.39 Å². The Bertz CT molecular complexity index is 429. The van der Waals surface area contributed by atoms with Crippen molar-refractivity contribution in [2.24, 2.45) is 0 Å². The van der Waals surface area contributed by atoms with E-state index >= 15 is 0 Å². The van der Waals surface area contributed by atoms with Gasteiger partial charge in [0.15, 0.2) is 0 Å². The third-order valence-corrected chi connectivity index (χ3v) is 2.72. The van der Waals surface area contributed by atoms with E-state index in [2.05, 4.69) is 5.32 Å². The summed E-state index contributed by atoms with van der Waals surface area (Å²) < 4.78 is 13.2. The number of fused-ring (bicyclic) bond motifs is 1. The van der Waals surface area contributed by atoms with Crippen molar-refractivity contribution in [1.29, 1.82) is 0 Å². The van der Waals surface area contributed by atoms with Crippen molar-refractivity contribution in [3.63, 3.8) is 0 Å². The molecule has 0 fully saturated rings. The van der Waals surface area contributed by atoms with Crippen LogP contribution in [0.4, 0.5) is 10.1 Å². The average molecular weight is 209 g/mol. The Balaban J connectivity index is 2.62. The third-order valence-electron chi connectivity index (χ3n) is 2.72. The van der Waals surface area contributed by atoms with Crippen LogP contribution in [0, 0.1) is 5.82 Å². The number of anilines is 1. The van der Waals surface area contributed by atoms with E-state index in [0.717, 1.165) is 0 Å². The molecule has 1 aromatic carbocycles. The molecule has 0 bridgehead atoms. The van der Waals surface area contributed by atoms with Gasteiger partial charge in [-0.1, -0.05) is 0 Å². The van der Waals surface area contributed by atoms with E-state index in [1.165, 1.54) is 12.1 Å². The molecule has 2 N–H and O–H groups in total. The van der Waals surface area contributed by atoms with Gasteiger partial charge in [-0.05, 0) is 31.5 Å². The number of aliphatic hydroxyl groups is 1. The van der Waals surface area contributed by atoms with Crippen LogP contribution in [0.2, 0.25) is 0 Å². The molecule has 0 spiro atoms. The van der Waals surface area contributed by atoms with Crippen LogP contribution in [0.3, 0.4) is 0 Å². The number of hydrogen-bond donors (Lipinski definition) is 2. The van der Waals surface area contributed by atoms with E-state index < -0.39 is 11.9 Å². The van der Waals surface area contributed by atoms with Crippen molar-refractivity contribution in [3.05, 3.63) is 29.1 Å². The molecule has 0 saturated heterocycles. The fourth-order valence-electron chi connectivity index (χ4n) is 1.84. The lowest BCUT2D eigenvalue weighted by molar-refractivity contribution is -0.116. The van der Waals surface area contributed by atoms with Crippen LogP contribution in [-0.4, -0.2) is 11.0 Å². The van der Waals surface area contributed by atoms with Gasteiger partial charge >= 0.3 is 0 Å². The Hall–Kier alpha value is -1.42.